The van der Waals surface area contributed by atoms with E-state index in [0.717, 1.165) is 12.8 Å². The topological polar surface area (TPSA) is 84.5 Å². The molecule has 126 valence electrons. The minimum Gasteiger partial charge on any atom is -0.469 e. The van der Waals surface area contributed by atoms with Crippen LogP contribution in [0.15, 0.2) is 0 Å². The normalized spacial score (nSPS) is 18.1. The lowest BCUT2D eigenvalue weighted by molar-refractivity contribution is -0.141. The summed E-state index contributed by atoms with van der Waals surface area (Å²) < 4.78 is 4.55. The van der Waals surface area contributed by atoms with Gasteiger partial charge in [-0.25, -0.2) is 0 Å². The predicted octanol–water partition coefficient (Wildman–Crippen LogP) is 1.53. The number of esters is 1. The van der Waals surface area contributed by atoms with E-state index in [1.54, 1.807) is 13.8 Å². The Hall–Kier alpha value is -1.59. The second kappa shape index (κ2) is 9.43. The van der Waals surface area contributed by atoms with Crippen molar-refractivity contribution in [3.8, 4) is 0 Å². The molecule has 0 aliphatic heterocycles. The highest BCUT2D eigenvalue weighted by atomic mass is 16.5. The highest BCUT2D eigenvalue weighted by Crippen LogP contribution is 2.26. The quantitative estimate of drug-likeness (QED) is 0.698. The van der Waals surface area contributed by atoms with Gasteiger partial charge in [-0.15, -0.1) is 0 Å². The van der Waals surface area contributed by atoms with Crippen molar-refractivity contribution < 1.29 is 19.1 Å². The first-order chi connectivity index (χ1) is 10.4. The van der Waals surface area contributed by atoms with Gasteiger partial charge in [0.1, 0.15) is 6.04 Å². The van der Waals surface area contributed by atoms with Gasteiger partial charge in [-0.3, -0.25) is 14.4 Å². The molecule has 0 aromatic carbocycles. The van der Waals surface area contributed by atoms with Crippen LogP contribution < -0.4 is 10.6 Å². The second-order valence-electron chi connectivity index (χ2n) is 6.19. The molecule has 0 bridgehead atoms. The van der Waals surface area contributed by atoms with Crippen LogP contribution >= 0.6 is 0 Å². The summed E-state index contributed by atoms with van der Waals surface area (Å²) in [5.74, 6) is -0.285. The summed E-state index contributed by atoms with van der Waals surface area (Å²) >= 11 is 0. The monoisotopic (exact) mass is 312 g/mol. The van der Waals surface area contributed by atoms with E-state index in [-0.39, 0.29) is 30.2 Å². The molecule has 1 aliphatic rings. The molecule has 1 rings (SSSR count). The zero-order valence-electron chi connectivity index (χ0n) is 13.8. The lowest BCUT2D eigenvalue weighted by Gasteiger charge is -2.22. The Bertz CT molecular complexity index is 392. The molecule has 1 fully saturated rings. The molecule has 0 spiro atoms. The molecule has 6 nitrogen and oxygen atoms in total. The Morgan fingerprint density at radius 1 is 1.09 bits per heavy atom. The van der Waals surface area contributed by atoms with Crippen LogP contribution in [0.5, 0.6) is 0 Å². The zero-order chi connectivity index (χ0) is 16.5. The Balaban J connectivity index is 2.30. The van der Waals surface area contributed by atoms with Crippen molar-refractivity contribution in [1.82, 2.24) is 10.6 Å². The summed E-state index contributed by atoms with van der Waals surface area (Å²) in [6, 6.07) is -0.922. The fourth-order valence-corrected chi connectivity index (χ4v) is 2.77. The molecule has 2 N–H and O–H groups in total. The molecule has 0 aromatic rings. The number of carbonyl (C=O) groups is 3. The van der Waals surface area contributed by atoms with Gasteiger partial charge in [0.2, 0.25) is 11.8 Å². The third-order valence-electron chi connectivity index (χ3n) is 4.06. The van der Waals surface area contributed by atoms with E-state index in [0.29, 0.717) is 12.3 Å². The van der Waals surface area contributed by atoms with Gasteiger partial charge in [-0.1, -0.05) is 19.3 Å². The number of hydrogen-bond acceptors (Lipinski definition) is 4. The molecule has 0 aromatic heterocycles. The van der Waals surface area contributed by atoms with Gasteiger partial charge in [0.25, 0.3) is 0 Å². The Morgan fingerprint density at radius 3 is 2.32 bits per heavy atom. The molecule has 0 radical (unpaired) electrons. The molecule has 1 aliphatic carbocycles. The van der Waals surface area contributed by atoms with Crippen molar-refractivity contribution in [3.63, 3.8) is 0 Å². The van der Waals surface area contributed by atoms with Crippen molar-refractivity contribution >= 4 is 17.8 Å². The third-order valence-corrected chi connectivity index (χ3v) is 4.06. The number of nitrogens with one attached hydrogen (secondary N) is 2. The maximum atomic E-state index is 12.0. The highest BCUT2D eigenvalue weighted by Gasteiger charge is 2.21. The maximum absolute atomic E-state index is 12.0. The average Bonchev–Trinajstić information content (AvgIpc) is 2.47. The van der Waals surface area contributed by atoms with Gasteiger partial charge in [-0.2, -0.15) is 0 Å². The fourth-order valence-electron chi connectivity index (χ4n) is 2.77. The van der Waals surface area contributed by atoms with E-state index in [4.69, 9.17) is 0 Å². The molecule has 1 saturated carbocycles. The van der Waals surface area contributed by atoms with Crippen LogP contribution in [0.4, 0.5) is 0 Å². The van der Waals surface area contributed by atoms with Crippen molar-refractivity contribution in [2.24, 2.45) is 5.92 Å². The summed E-state index contributed by atoms with van der Waals surface area (Å²) in [5, 5.41) is 5.43. The molecular weight excluding hydrogens is 284 g/mol. The van der Waals surface area contributed by atoms with E-state index < -0.39 is 6.04 Å². The third kappa shape index (κ3) is 6.91. The number of rotatable bonds is 7. The minimum atomic E-state index is -0.601. The smallest absolute Gasteiger partial charge is 0.307 e. The van der Waals surface area contributed by atoms with E-state index in [1.165, 1.54) is 26.4 Å². The lowest BCUT2D eigenvalue weighted by Crippen LogP contribution is -2.48. The van der Waals surface area contributed by atoms with Crippen LogP contribution in [-0.4, -0.2) is 37.0 Å². The number of methoxy groups -OCH3 is 1. The van der Waals surface area contributed by atoms with Gasteiger partial charge in [0.15, 0.2) is 0 Å². The zero-order valence-corrected chi connectivity index (χ0v) is 13.8. The standard InChI is InChI=1S/C16H28N2O4/c1-11(9-15(20)22-3)17-16(21)12(2)18-14(19)10-13-7-5-4-6-8-13/h11-13H,4-10H2,1-3H3,(H,17,21)(H,18,19)/t11-,12+/m1/s1. The molecule has 2 amide bonds. The first-order valence-electron chi connectivity index (χ1n) is 8.09. The Kier molecular flexibility index (Phi) is 7.91. The van der Waals surface area contributed by atoms with Crippen molar-refractivity contribution in [3.05, 3.63) is 0 Å². The van der Waals surface area contributed by atoms with Crippen LogP contribution in [0, 0.1) is 5.92 Å². The van der Waals surface area contributed by atoms with Crippen LogP contribution in [-0.2, 0) is 19.1 Å². The summed E-state index contributed by atoms with van der Waals surface area (Å²) in [7, 11) is 1.31. The lowest BCUT2D eigenvalue weighted by atomic mass is 9.87. The van der Waals surface area contributed by atoms with Crippen molar-refractivity contribution in [2.75, 3.05) is 7.11 Å². The van der Waals surface area contributed by atoms with Crippen molar-refractivity contribution in [2.45, 2.75) is 70.9 Å². The van der Waals surface area contributed by atoms with Gasteiger partial charge in [-0.05, 0) is 32.6 Å². The molecule has 0 saturated heterocycles. The fraction of sp³-hybridized carbons (Fsp3) is 0.812. The van der Waals surface area contributed by atoms with Crippen LogP contribution in [0.25, 0.3) is 0 Å². The molecule has 2 atom stereocenters. The molecule has 0 unspecified atom stereocenters. The van der Waals surface area contributed by atoms with E-state index >= 15 is 0 Å². The Labute approximate surface area is 132 Å². The second-order valence-corrected chi connectivity index (χ2v) is 6.19. The summed E-state index contributed by atoms with van der Waals surface area (Å²) in [6.07, 6.45) is 6.46. The molecule has 22 heavy (non-hydrogen) atoms. The van der Waals surface area contributed by atoms with Crippen molar-refractivity contribution in [1.29, 1.82) is 0 Å². The van der Waals surface area contributed by atoms with E-state index in [2.05, 4.69) is 15.4 Å². The highest BCUT2D eigenvalue weighted by molar-refractivity contribution is 5.87. The summed E-state index contributed by atoms with van der Waals surface area (Å²) in [5.41, 5.74) is 0. The van der Waals surface area contributed by atoms with Gasteiger partial charge in [0, 0.05) is 12.5 Å². The predicted molar refractivity (Wildman–Crippen MR) is 83.0 cm³/mol. The van der Waals surface area contributed by atoms with Gasteiger partial charge >= 0.3 is 5.97 Å². The first kappa shape index (κ1) is 18.5. The van der Waals surface area contributed by atoms with Crippen LogP contribution in [0.3, 0.4) is 0 Å². The first-order valence-corrected chi connectivity index (χ1v) is 8.09. The summed E-state index contributed by atoms with van der Waals surface area (Å²) in [4.78, 5) is 35.1. The number of ether oxygens (including phenoxy) is 1. The maximum Gasteiger partial charge on any atom is 0.307 e. The van der Waals surface area contributed by atoms with Gasteiger partial charge < -0.3 is 15.4 Å². The molecular formula is C16H28N2O4. The van der Waals surface area contributed by atoms with Crippen LogP contribution in [0.1, 0.15) is 58.8 Å². The van der Waals surface area contributed by atoms with E-state index in [1.807, 2.05) is 0 Å². The SMILES string of the molecule is COC(=O)C[C@@H](C)NC(=O)[C@H](C)NC(=O)CC1CCCCC1. The Morgan fingerprint density at radius 2 is 1.73 bits per heavy atom. The average molecular weight is 312 g/mol. The number of carbonyl (C=O) groups excluding carboxylic acids is 3. The van der Waals surface area contributed by atoms with Gasteiger partial charge in [0.05, 0.1) is 13.5 Å². The number of amides is 2. The van der Waals surface area contributed by atoms with Crippen LogP contribution in [0.2, 0.25) is 0 Å². The van der Waals surface area contributed by atoms with E-state index in [9.17, 15) is 14.4 Å². The molecule has 6 heteroatoms. The minimum absolute atomic E-state index is 0.0739. The number of hydrogen-bond donors (Lipinski definition) is 2. The largest absolute Gasteiger partial charge is 0.469 e. The summed E-state index contributed by atoms with van der Waals surface area (Å²) in [6.45, 7) is 3.38. The molecule has 0 heterocycles.